The molecule has 2 aliphatic heterocycles. The Labute approximate surface area is 102 Å². The standard InChI is InChI=1S/C13H20N4/c14-11-4-5-15-13(9-11)17-8-7-16-6-2-1-3-12(16)10-17/h4-5,9,12H,1-3,6-8,10H2,(H2,14,15). The molecule has 3 rings (SSSR count). The molecule has 0 saturated carbocycles. The van der Waals surface area contributed by atoms with Crippen LogP contribution in [-0.4, -0.2) is 42.1 Å². The average molecular weight is 232 g/mol. The van der Waals surface area contributed by atoms with Gasteiger partial charge in [0, 0.05) is 43.6 Å². The van der Waals surface area contributed by atoms with Crippen LogP contribution in [0.25, 0.3) is 0 Å². The topological polar surface area (TPSA) is 45.4 Å². The lowest BCUT2D eigenvalue weighted by Crippen LogP contribution is -2.55. The van der Waals surface area contributed by atoms with Gasteiger partial charge in [0.25, 0.3) is 0 Å². The first-order valence-corrected chi connectivity index (χ1v) is 6.53. The van der Waals surface area contributed by atoms with Crippen molar-refractivity contribution in [2.45, 2.75) is 25.3 Å². The van der Waals surface area contributed by atoms with Crippen molar-refractivity contribution in [2.24, 2.45) is 0 Å². The number of aromatic nitrogens is 1. The molecule has 1 aromatic heterocycles. The average Bonchev–Trinajstić information content (AvgIpc) is 2.38. The molecule has 0 spiro atoms. The molecule has 0 amide bonds. The fraction of sp³-hybridized carbons (Fsp3) is 0.615. The van der Waals surface area contributed by atoms with Crippen molar-refractivity contribution >= 4 is 11.5 Å². The SMILES string of the molecule is Nc1ccnc(N2CCN3CCCCC3C2)c1. The maximum atomic E-state index is 5.82. The molecule has 4 nitrogen and oxygen atoms in total. The van der Waals surface area contributed by atoms with Gasteiger partial charge in [-0.3, -0.25) is 4.90 Å². The van der Waals surface area contributed by atoms with Crippen LogP contribution in [0.4, 0.5) is 11.5 Å². The van der Waals surface area contributed by atoms with E-state index in [1.165, 1.54) is 32.4 Å². The van der Waals surface area contributed by atoms with Crippen LogP contribution < -0.4 is 10.6 Å². The summed E-state index contributed by atoms with van der Waals surface area (Å²) in [5, 5.41) is 0. The molecule has 0 aromatic carbocycles. The van der Waals surface area contributed by atoms with Crippen LogP contribution in [0.2, 0.25) is 0 Å². The van der Waals surface area contributed by atoms with E-state index in [0.717, 1.165) is 30.6 Å². The first-order chi connectivity index (χ1) is 8.33. The number of fused-ring (bicyclic) bond motifs is 1. The van der Waals surface area contributed by atoms with Crippen LogP contribution in [0.1, 0.15) is 19.3 Å². The number of nitrogens with zero attached hydrogens (tertiary/aromatic N) is 3. The van der Waals surface area contributed by atoms with Gasteiger partial charge in [0.1, 0.15) is 5.82 Å². The van der Waals surface area contributed by atoms with Gasteiger partial charge in [-0.15, -0.1) is 0 Å². The fourth-order valence-electron chi connectivity index (χ4n) is 2.97. The zero-order valence-electron chi connectivity index (χ0n) is 10.2. The third-order valence-electron chi connectivity index (χ3n) is 3.93. The number of nitrogens with two attached hydrogens (primary N) is 1. The van der Waals surface area contributed by atoms with Gasteiger partial charge in [0.05, 0.1) is 0 Å². The van der Waals surface area contributed by atoms with Gasteiger partial charge in [-0.25, -0.2) is 4.98 Å². The number of rotatable bonds is 1. The predicted molar refractivity (Wildman–Crippen MR) is 70.1 cm³/mol. The van der Waals surface area contributed by atoms with E-state index in [1.807, 2.05) is 12.1 Å². The van der Waals surface area contributed by atoms with Gasteiger partial charge in [-0.1, -0.05) is 6.42 Å². The van der Waals surface area contributed by atoms with Crippen molar-refractivity contribution in [3.05, 3.63) is 18.3 Å². The second kappa shape index (κ2) is 4.53. The van der Waals surface area contributed by atoms with Gasteiger partial charge in [-0.2, -0.15) is 0 Å². The van der Waals surface area contributed by atoms with E-state index in [-0.39, 0.29) is 0 Å². The summed E-state index contributed by atoms with van der Waals surface area (Å²) in [5.41, 5.74) is 6.63. The molecule has 2 aliphatic rings. The highest BCUT2D eigenvalue weighted by Crippen LogP contribution is 2.24. The summed E-state index contributed by atoms with van der Waals surface area (Å²) < 4.78 is 0. The van der Waals surface area contributed by atoms with Gasteiger partial charge >= 0.3 is 0 Å². The van der Waals surface area contributed by atoms with Gasteiger partial charge in [0.2, 0.25) is 0 Å². The van der Waals surface area contributed by atoms with Gasteiger partial charge in [-0.05, 0) is 25.5 Å². The number of piperidine rings is 1. The fourth-order valence-corrected chi connectivity index (χ4v) is 2.97. The molecule has 2 fully saturated rings. The monoisotopic (exact) mass is 232 g/mol. The summed E-state index contributed by atoms with van der Waals surface area (Å²) in [4.78, 5) is 9.44. The molecule has 2 N–H and O–H groups in total. The predicted octanol–water partition coefficient (Wildman–Crippen LogP) is 1.34. The zero-order valence-corrected chi connectivity index (χ0v) is 10.2. The molecule has 0 radical (unpaired) electrons. The van der Waals surface area contributed by atoms with E-state index in [2.05, 4.69) is 14.8 Å². The number of nitrogen functional groups attached to an aromatic ring is 1. The van der Waals surface area contributed by atoms with E-state index in [9.17, 15) is 0 Å². The smallest absolute Gasteiger partial charge is 0.130 e. The number of piperazine rings is 1. The normalized spacial score (nSPS) is 25.6. The lowest BCUT2D eigenvalue weighted by Gasteiger charge is -2.44. The zero-order chi connectivity index (χ0) is 11.7. The van der Waals surface area contributed by atoms with Crippen molar-refractivity contribution in [1.29, 1.82) is 0 Å². The largest absolute Gasteiger partial charge is 0.399 e. The molecule has 3 heterocycles. The minimum atomic E-state index is 0.723. The summed E-state index contributed by atoms with van der Waals surface area (Å²) >= 11 is 0. The van der Waals surface area contributed by atoms with E-state index in [1.54, 1.807) is 6.20 Å². The molecule has 2 saturated heterocycles. The van der Waals surface area contributed by atoms with Crippen LogP contribution in [0.5, 0.6) is 0 Å². The Morgan fingerprint density at radius 2 is 2.18 bits per heavy atom. The first-order valence-electron chi connectivity index (χ1n) is 6.53. The summed E-state index contributed by atoms with van der Waals surface area (Å²) in [7, 11) is 0. The van der Waals surface area contributed by atoms with Crippen LogP contribution in [0, 0.1) is 0 Å². The maximum absolute atomic E-state index is 5.82. The Kier molecular flexibility index (Phi) is 2.89. The molecule has 92 valence electrons. The third-order valence-corrected chi connectivity index (χ3v) is 3.93. The number of pyridine rings is 1. The first kappa shape index (κ1) is 10.8. The van der Waals surface area contributed by atoms with Crippen LogP contribution in [-0.2, 0) is 0 Å². The minimum absolute atomic E-state index is 0.723. The van der Waals surface area contributed by atoms with E-state index >= 15 is 0 Å². The Hall–Kier alpha value is -1.29. The Morgan fingerprint density at radius 3 is 3.06 bits per heavy atom. The molecule has 1 aromatic rings. The minimum Gasteiger partial charge on any atom is -0.399 e. The van der Waals surface area contributed by atoms with E-state index in [0.29, 0.717) is 0 Å². The quantitative estimate of drug-likeness (QED) is 0.793. The lowest BCUT2D eigenvalue weighted by atomic mass is 9.99. The van der Waals surface area contributed by atoms with E-state index in [4.69, 9.17) is 5.73 Å². The molecule has 0 aliphatic carbocycles. The van der Waals surface area contributed by atoms with Crippen LogP contribution >= 0.6 is 0 Å². The second-order valence-electron chi connectivity index (χ2n) is 5.08. The molecule has 17 heavy (non-hydrogen) atoms. The highest BCUT2D eigenvalue weighted by atomic mass is 15.3. The number of hydrogen-bond donors (Lipinski definition) is 1. The summed E-state index contributed by atoms with van der Waals surface area (Å²) in [6.45, 7) is 4.63. The molecular weight excluding hydrogens is 212 g/mol. The molecule has 1 atom stereocenters. The van der Waals surface area contributed by atoms with Crippen LogP contribution in [0.15, 0.2) is 18.3 Å². The van der Waals surface area contributed by atoms with Crippen molar-refractivity contribution < 1.29 is 0 Å². The Balaban J connectivity index is 1.73. The van der Waals surface area contributed by atoms with Crippen molar-refractivity contribution in [3.63, 3.8) is 0 Å². The maximum Gasteiger partial charge on any atom is 0.130 e. The Bertz CT molecular complexity index is 393. The molecule has 0 bridgehead atoms. The third kappa shape index (κ3) is 2.22. The highest BCUT2D eigenvalue weighted by molar-refractivity contribution is 5.50. The van der Waals surface area contributed by atoms with Crippen molar-refractivity contribution in [1.82, 2.24) is 9.88 Å². The van der Waals surface area contributed by atoms with Crippen molar-refractivity contribution in [3.8, 4) is 0 Å². The Morgan fingerprint density at radius 1 is 1.24 bits per heavy atom. The highest BCUT2D eigenvalue weighted by Gasteiger charge is 2.29. The second-order valence-corrected chi connectivity index (χ2v) is 5.08. The molecular formula is C13H20N4. The van der Waals surface area contributed by atoms with Crippen LogP contribution in [0.3, 0.4) is 0 Å². The summed E-state index contributed by atoms with van der Waals surface area (Å²) in [6, 6.07) is 4.56. The van der Waals surface area contributed by atoms with Gasteiger partial charge < -0.3 is 10.6 Å². The number of hydrogen-bond acceptors (Lipinski definition) is 4. The lowest BCUT2D eigenvalue weighted by molar-refractivity contribution is 0.133. The summed E-state index contributed by atoms with van der Waals surface area (Å²) in [5.74, 6) is 1.04. The van der Waals surface area contributed by atoms with Crippen molar-refractivity contribution in [2.75, 3.05) is 36.8 Å². The van der Waals surface area contributed by atoms with E-state index < -0.39 is 0 Å². The summed E-state index contributed by atoms with van der Waals surface area (Å²) in [6.07, 6.45) is 5.88. The molecule has 4 heteroatoms. The molecule has 1 unspecified atom stereocenters. The number of anilines is 2. The van der Waals surface area contributed by atoms with Gasteiger partial charge in [0.15, 0.2) is 0 Å².